The lowest BCUT2D eigenvalue weighted by Crippen LogP contribution is -2.39. The van der Waals surface area contributed by atoms with Crippen molar-refractivity contribution in [2.45, 2.75) is 31.0 Å². The summed E-state index contributed by atoms with van der Waals surface area (Å²) in [6.45, 7) is 0.345. The molecule has 0 aromatic heterocycles. The van der Waals surface area contributed by atoms with E-state index >= 15 is 0 Å². The van der Waals surface area contributed by atoms with Crippen molar-refractivity contribution in [3.8, 4) is 5.75 Å². The minimum atomic E-state index is -1.21. The van der Waals surface area contributed by atoms with Gasteiger partial charge in [0.1, 0.15) is 5.75 Å². The van der Waals surface area contributed by atoms with Crippen LogP contribution in [0.3, 0.4) is 0 Å². The second-order valence-electron chi connectivity index (χ2n) is 5.00. The van der Waals surface area contributed by atoms with Crippen LogP contribution in [-0.4, -0.2) is 35.5 Å². The minimum absolute atomic E-state index is 0.260. The molecule has 5 nitrogen and oxygen atoms in total. The average molecular weight is 345 g/mol. The fraction of sp³-hybridized carbons (Fsp3) is 0.500. The molecule has 0 saturated carbocycles. The maximum Gasteiger partial charge on any atom is 0.306 e. The summed E-state index contributed by atoms with van der Waals surface area (Å²) in [5, 5.41) is 19.2. The van der Waals surface area contributed by atoms with Crippen LogP contribution in [0.4, 0.5) is 0 Å². The Kier molecular flexibility index (Phi) is 4.67. The summed E-state index contributed by atoms with van der Waals surface area (Å²) in [6, 6.07) is 5.55. The normalized spacial score (nSPS) is 26.2. The first-order valence-corrected chi connectivity index (χ1v) is 7.12. The SMILES string of the molecule is COc1ccc(C2CC(O)(CC(=O)O)CCO2)cc1Br. The molecule has 0 bridgehead atoms. The molecule has 1 aliphatic rings. The highest BCUT2D eigenvalue weighted by Crippen LogP contribution is 2.38. The molecule has 1 aliphatic heterocycles. The van der Waals surface area contributed by atoms with E-state index in [2.05, 4.69) is 15.9 Å². The van der Waals surface area contributed by atoms with Gasteiger partial charge in [-0.25, -0.2) is 0 Å². The number of aliphatic carboxylic acids is 1. The topological polar surface area (TPSA) is 76.0 Å². The van der Waals surface area contributed by atoms with Gasteiger partial charge in [-0.2, -0.15) is 0 Å². The van der Waals surface area contributed by atoms with Gasteiger partial charge < -0.3 is 19.7 Å². The lowest BCUT2D eigenvalue weighted by atomic mass is 9.85. The number of methoxy groups -OCH3 is 1. The molecule has 2 atom stereocenters. The maximum absolute atomic E-state index is 10.8. The van der Waals surface area contributed by atoms with Crippen molar-refractivity contribution in [3.63, 3.8) is 0 Å². The first kappa shape index (κ1) is 15.3. The Morgan fingerprint density at radius 2 is 2.35 bits per heavy atom. The van der Waals surface area contributed by atoms with Gasteiger partial charge in [-0.05, 0) is 33.6 Å². The van der Waals surface area contributed by atoms with Gasteiger partial charge in [0.2, 0.25) is 0 Å². The summed E-state index contributed by atoms with van der Waals surface area (Å²) in [5.74, 6) is -0.283. The predicted molar refractivity (Wildman–Crippen MR) is 75.8 cm³/mol. The van der Waals surface area contributed by atoms with Crippen LogP contribution in [0.2, 0.25) is 0 Å². The Labute approximate surface area is 125 Å². The van der Waals surface area contributed by atoms with E-state index in [1.165, 1.54) is 0 Å². The standard InChI is InChI=1S/C14H17BrO5/c1-19-11-3-2-9(6-10(11)15)12-7-14(18,4-5-20-12)8-13(16)17/h2-3,6,12,18H,4-5,7-8H2,1H3,(H,16,17). The van der Waals surface area contributed by atoms with Crippen LogP contribution >= 0.6 is 15.9 Å². The first-order valence-electron chi connectivity index (χ1n) is 6.33. The van der Waals surface area contributed by atoms with Crippen LogP contribution < -0.4 is 4.74 Å². The van der Waals surface area contributed by atoms with Crippen molar-refractivity contribution in [2.75, 3.05) is 13.7 Å². The monoisotopic (exact) mass is 344 g/mol. The predicted octanol–water partition coefficient (Wildman–Crippen LogP) is 2.52. The highest BCUT2D eigenvalue weighted by atomic mass is 79.9. The molecule has 0 radical (unpaired) electrons. The molecule has 1 fully saturated rings. The molecule has 6 heteroatoms. The highest BCUT2D eigenvalue weighted by molar-refractivity contribution is 9.10. The maximum atomic E-state index is 10.8. The van der Waals surface area contributed by atoms with E-state index in [9.17, 15) is 9.90 Å². The van der Waals surface area contributed by atoms with E-state index in [0.717, 1.165) is 10.0 Å². The average Bonchev–Trinajstić information content (AvgIpc) is 2.37. The third-order valence-electron chi connectivity index (χ3n) is 3.48. The van der Waals surface area contributed by atoms with E-state index < -0.39 is 11.6 Å². The van der Waals surface area contributed by atoms with Gasteiger partial charge in [-0.3, -0.25) is 4.79 Å². The van der Waals surface area contributed by atoms with E-state index in [-0.39, 0.29) is 18.9 Å². The molecule has 1 saturated heterocycles. The number of aliphatic hydroxyl groups is 1. The fourth-order valence-corrected chi connectivity index (χ4v) is 2.99. The summed E-state index contributed by atoms with van der Waals surface area (Å²) < 4.78 is 11.6. The zero-order valence-corrected chi connectivity index (χ0v) is 12.7. The fourth-order valence-electron chi connectivity index (χ4n) is 2.44. The van der Waals surface area contributed by atoms with Crippen molar-refractivity contribution >= 4 is 21.9 Å². The van der Waals surface area contributed by atoms with Gasteiger partial charge in [0, 0.05) is 12.8 Å². The Hall–Kier alpha value is -1.11. The summed E-state index contributed by atoms with van der Waals surface area (Å²) >= 11 is 3.41. The molecule has 2 rings (SSSR count). The van der Waals surface area contributed by atoms with Crippen LogP contribution in [0, 0.1) is 0 Å². The van der Waals surface area contributed by atoms with Crippen molar-refractivity contribution in [1.82, 2.24) is 0 Å². The van der Waals surface area contributed by atoms with Crippen molar-refractivity contribution in [2.24, 2.45) is 0 Å². The molecule has 110 valence electrons. The van der Waals surface area contributed by atoms with Crippen LogP contribution in [-0.2, 0) is 9.53 Å². The molecule has 2 unspecified atom stereocenters. The quantitative estimate of drug-likeness (QED) is 0.877. The van der Waals surface area contributed by atoms with Gasteiger partial charge in [0.25, 0.3) is 0 Å². The summed E-state index contributed by atoms with van der Waals surface area (Å²) in [4.78, 5) is 10.8. The third kappa shape index (κ3) is 3.50. The van der Waals surface area contributed by atoms with E-state index in [0.29, 0.717) is 18.8 Å². The van der Waals surface area contributed by atoms with Gasteiger partial charge in [0.05, 0.1) is 36.3 Å². The molecule has 2 N–H and O–H groups in total. The number of halogens is 1. The Morgan fingerprint density at radius 1 is 1.60 bits per heavy atom. The van der Waals surface area contributed by atoms with Crippen molar-refractivity contribution in [3.05, 3.63) is 28.2 Å². The number of hydrogen-bond acceptors (Lipinski definition) is 4. The second-order valence-corrected chi connectivity index (χ2v) is 5.86. The molecule has 20 heavy (non-hydrogen) atoms. The summed E-state index contributed by atoms with van der Waals surface area (Å²) in [7, 11) is 1.59. The number of rotatable bonds is 4. The molecule has 1 aromatic carbocycles. The molecular formula is C14H17BrO5. The smallest absolute Gasteiger partial charge is 0.306 e. The molecule has 0 aliphatic carbocycles. The number of hydrogen-bond donors (Lipinski definition) is 2. The van der Waals surface area contributed by atoms with Gasteiger partial charge in [-0.15, -0.1) is 0 Å². The molecule has 1 aromatic rings. The van der Waals surface area contributed by atoms with E-state index in [4.69, 9.17) is 14.6 Å². The first-order chi connectivity index (χ1) is 9.43. The van der Waals surface area contributed by atoms with E-state index in [1.54, 1.807) is 7.11 Å². The molecule has 1 heterocycles. The number of carboxylic acids is 1. The number of benzene rings is 1. The minimum Gasteiger partial charge on any atom is -0.496 e. The van der Waals surface area contributed by atoms with Crippen LogP contribution in [0.15, 0.2) is 22.7 Å². The van der Waals surface area contributed by atoms with Crippen molar-refractivity contribution < 1.29 is 24.5 Å². The second kappa shape index (κ2) is 6.11. The summed E-state index contributed by atoms with van der Waals surface area (Å²) in [6.07, 6.45) is 0.0466. The molecular weight excluding hydrogens is 328 g/mol. The van der Waals surface area contributed by atoms with Gasteiger partial charge >= 0.3 is 5.97 Å². The summed E-state index contributed by atoms with van der Waals surface area (Å²) in [5.41, 5.74) is -0.317. The number of carboxylic acid groups (broad SMARTS) is 1. The van der Waals surface area contributed by atoms with Crippen LogP contribution in [0.5, 0.6) is 5.75 Å². The zero-order valence-electron chi connectivity index (χ0n) is 11.1. The Bertz CT molecular complexity index is 504. The van der Waals surface area contributed by atoms with Crippen LogP contribution in [0.25, 0.3) is 0 Å². The third-order valence-corrected chi connectivity index (χ3v) is 4.10. The highest BCUT2D eigenvalue weighted by Gasteiger charge is 2.37. The number of carbonyl (C=O) groups is 1. The van der Waals surface area contributed by atoms with E-state index in [1.807, 2.05) is 18.2 Å². The van der Waals surface area contributed by atoms with Crippen molar-refractivity contribution in [1.29, 1.82) is 0 Å². The Balaban J connectivity index is 2.16. The Morgan fingerprint density at radius 3 is 2.95 bits per heavy atom. The lowest BCUT2D eigenvalue weighted by Gasteiger charge is -2.36. The van der Waals surface area contributed by atoms with Crippen LogP contribution in [0.1, 0.15) is 30.9 Å². The molecule has 0 spiro atoms. The van der Waals surface area contributed by atoms with Gasteiger partial charge in [0.15, 0.2) is 0 Å². The lowest BCUT2D eigenvalue weighted by molar-refractivity contribution is -0.151. The zero-order chi connectivity index (χ0) is 14.8. The number of ether oxygens (including phenoxy) is 2. The largest absolute Gasteiger partial charge is 0.496 e. The van der Waals surface area contributed by atoms with Gasteiger partial charge in [-0.1, -0.05) is 6.07 Å². The molecule has 0 amide bonds.